The maximum absolute atomic E-state index is 14.3. The average Bonchev–Trinajstić information content (AvgIpc) is 3.38. The van der Waals surface area contributed by atoms with Gasteiger partial charge in [-0.25, -0.2) is 18.7 Å². The molecule has 4 atom stereocenters. The molecule has 1 aliphatic carbocycles. The SMILES string of the molecule is Cc1cc(C#C[C@]23C[C@H]2CN(CCF)C3)cc(C(=O)N[C@@H](c2cc3ccccc3[nH]2)c2ncn3c2C[C@@H](F)C3)n1. The molecule has 2 aliphatic heterocycles. The van der Waals surface area contributed by atoms with Crippen molar-refractivity contribution in [3.63, 3.8) is 0 Å². The van der Waals surface area contributed by atoms with Gasteiger partial charge in [0.05, 0.1) is 18.6 Å². The van der Waals surface area contributed by atoms with Crippen LogP contribution in [0.4, 0.5) is 8.78 Å². The molecular formula is C31H30F2N6O. The number of amides is 1. The summed E-state index contributed by atoms with van der Waals surface area (Å²) < 4.78 is 28.9. The van der Waals surface area contributed by atoms with Crippen molar-refractivity contribution in [2.45, 2.75) is 38.5 Å². The first-order valence-corrected chi connectivity index (χ1v) is 13.8. The second-order valence-corrected chi connectivity index (χ2v) is 11.4. The van der Waals surface area contributed by atoms with Gasteiger partial charge in [-0.3, -0.25) is 9.69 Å². The summed E-state index contributed by atoms with van der Waals surface area (Å²) in [6.45, 7) is 3.93. The number of alkyl halides is 2. The fraction of sp³-hybridized carbons (Fsp3) is 0.387. The Balaban J connectivity index is 1.18. The van der Waals surface area contributed by atoms with E-state index in [2.05, 4.69) is 37.0 Å². The molecule has 7 nitrogen and oxygen atoms in total. The first-order chi connectivity index (χ1) is 19.4. The number of H-pyrrole nitrogens is 1. The van der Waals surface area contributed by atoms with Gasteiger partial charge in [-0.15, -0.1) is 0 Å². The molecule has 1 aromatic carbocycles. The number of pyridine rings is 1. The minimum atomic E-state index is -0.968. The number of rotatable bonds is 6. The Morgan fingerprint density at radius 3 is 3.00 bits per heavy atom. The van der Waals surface area contributed by atoms with E-state index in [1.807, 2.05) is 47.9 Å². The molecular weight excluding hydrogens is 510 g/mol. The molecule has 1 saturated heterocycles. The van der Waals surface area contributed by atoms with Crippen molar-refractivity contribution < 1.29 is 13.6 Å². The fourth-order valence-electron chi connectivity index (χ4n) is 6.41. The number of hydrogen-bond donors (Lipinski definition) is 2. The monoisotopic (exact) mass is 540 g/mol. The number of para-hydroxylation sites is 1. The van der Waals surface area contributed by atoms with Gasteiger partial charge < -0.3 is 14.9 Å². The first kappa shape index (κ1) is 25.0. The Morgan fingerprint density at radius 1 is 1.27 bits per heavy atom. The molecule has 2 N–H and O–H groups in total. The van der Waals surface area contributed by atoms with E-state index in [4.69, 9.17) is 0 Å². The summed E-state index contributed by atoms with van der Waals surface area (Å²) in [6, 6.07) is 12.9. The van der Waals surface area contributed by atoms with E-state index in [0.717, 1.165) is 47.4 Å². The molecule has 3 aliphatic rings. The summed E-state index contributed by atoms with van der Waals surface area (Å²) in [5.74, 6) is 6.86. The molecule has 3 aromatic heterocycles. The molecule has 5 heterocycles. The molecule has 7 rings (SSSR count). The van der Waals surface area contributed by atoms with Gasteiger partial charge in [0, 0.05) is 59.6 Å². The Labute approximate surface area is 231 Å². The van der Waals surface area contributed by atoms with Crippen LogP contribution in [0.3, 0.4) is 0 Å². The predicted molar refractivity (Wildman–Crippen MR) is 147 cm³/mol. The number of imidazole rings is 1. The molecule has 1 amide bonds. The van der Waals surface area contributed by atoms with Gasteiger partial charge in [-0.1, -0.05) is 30.0 Å². The van der Waals surface area contributed by atoms with E-state index in [1.165, 1.54) is 0 Å². The molecule has 204 valence electrons. The number of hydrogen-bond acceptors (Lipinski definition) is 4. The maximum Gasteiger partial charge on any atom is 0.270 e. The second kappa shape index (κ2) is 9.56. The molecule has 2 fully saturated rings. The van der Waals surface area contributed by atoms with Crippen molar-refractivity contribution >= 4 is 16.8 Å². The van der Waals surface area contributed by atoms with Gasteiger partial charge in [0.2, 0.25) is 0 Å². The molecule has 40 heavy (non-hydrogen) atoms. The first-order valence-electron chi connectivity index (χ1n) is 13.8. The van der Waals surface area contributed by atoms with Gasteiger partial charge in [0.25, 0.3) is 5.91 Å². The van der Waals surface area contributed by atoms with Gasteiger partial charge >= 0.3 is 0 Å². The van der Waals surface area contributed by atoms with Crippen molar-refractivity contribution in [2.24, 2.45) is 11.3 Å². The number of carbonyl (C=O) groups is 1. The zero-order valence-corrected chi connectivity index (χ0v) is 22.3. The van der Waals surface area contributed by atoms with Gasteiger partial charge in [-0.05, 0) is 48.9 Å². The minimum absolute atomic E-state index is 0.0642. The van der Waals surface area contributed by atoms with Crippen LogP contribution in [0.5, 0.6) is 0 Å². The van der Waals surface area contributed by atoms with Crippen LogP contribution in [-0.2, 0) is 13.0 Å². The summed E-state index contributed by atoms with van der Waals surface area (Å²) in [6.07, 6.45) is 1.98. The van der Waals surface area contributed by atoms with Crippen LogP contribution in [0.25, 0.3) is 10.9 Å². The third-order valence-corrected chi connectivity index (χ3v) is 8.46. The molecule has 0 unspecified atom stereocenters. The van der Waals surface area contributed by atoms with E-state index in [-0.39, 0.29) is 36.7 Å². The Morgan fingerprint density at radius 2 is 2.15 bits per heavy atom. The van der Waals surface area contributed by atoms with Crippen LogP contribution in [0.2, 0.25) is 0 Å². The van der Waals surface area contributed by atoms with Crippen molar-refractivity contribution in [1.82, 2.24) is 29.7 Å². The van der Waals surface area contributed by atoms with Gasteiger partial charge in [0.15, 0.2) is 0 Å². The standard InChI is InChI=1S/C31H30F2N6O/c1-19-10-20(6-7-31-14-22(31)15-38(17-31)9-8-32)11-26(35-19)30(40)37-28(25-12-21-4-2-3-5-24(21)36-25)29-27-13-23(33)16-39(27)18-34-29/h2-5,10-12,18,22-23,28,36H,8-9,13-17H2,1H3,(H,37,40)/t22-,23+,28-,31+/m0/s1. The second-order valence-electron chi connectivity index (χ2n) is 11.4. The highest BCUT2D eigenvalue weighted by Gasteiger charge is 2.58. The number of nitrogens with one attached hydrogen (secondary N) is 2. The lowest BCUT2D eigenvalue weighted by Crippen LogP contribution is -2.31. The molecule has 1 saturated carbocycles. The highest BCUT2D eigenvalue weighted by Crippen LogP contribution is 2.57. The quantitative estimate of drug-likeness (QED) is 0.361. The topological polar surface area (TPSA) is 78.8 Å². The van der Waals surface area contributed by atoms with Crippen molar-refractivity contribution in [2.75, 3.05) is 26.3 Å². The lowest BCUT2D eigenvalue weighted by atomic mass is 10.0. The van der Waals surface area contributed by atoms with E-state index in [0.29, 0.717) is 23.9 Å². The number of aromatic nitrogens is 4. The number of benzene rings is 1. The van der Waals surface area contributed by atoms with Crippen molar-refractivity contribution in [3.8, 4) is 11.8 Å². The number of fused-ring (bicyclic) bond motifs is 3. The minimum Gasteiger partial charge on any atom is -0.356 e. The van der Waals surface area contributed by atoms with Crippen LogP contribution < -0.4 is 5.32 Å². The lowest BCUT2D eigenvalue weighted by Gasteiger charge is -2.17. The van der Waals surface area contributed by atoms with E-state index < -0.39 is 12.2 Å². The fourth-order valence-corrected chi connectivity index (χ4v) is 6.41. The third-order valence-electron chi connectivity index (χ3n) is 8.46. The molecule has 0 bridgehead atoms. The number of nitrogens with zero attached hydrogens (tertiary/aromatic N) is 4. The number of halogens is 2. The number of aromatic amines is 1. The third kappa shape index (κ3) is 4.46. The van der Waals surface area contributed by atoms with Crippen LogP contribution in [-0.4, -0.2) is 62.8 Å². The van der Waals surface area contributed by atoms with Gasteiger partial charge in [-0.2, -0.15) is 0 Å². The number of likely N-dealkylation sites (tertiary alicyclic amines) is 1. The number of aryl methyl sites for hydroxylation is 1. The highest BCUT2D eigenvalue weighted by atomic mass is 19.1. The van der Waals surface area contributed by atoms with Crippen LogP contribution in [0.1, 0.15) is 51.3 Å². The largest absolute Gasteiger partial charge is 0.356 e. The normalized spacial score (nSPS) is 23.9. The highest BCUT2D eigenvalue weighted by molar-refractivity contribution is 5.93. The molecule has 9 heteroatoms. The van der Waals surface area contributed by atoms with Crippen LogP contribution in [0.15, 0.2) is 48.8 Å². The Bertz CT molecular complexity index is 1650. The van der Waals surface area contributed by atoms with Crippen molar-refractivity contribution in [3.05, 3.63) is 82.8 Å². The lowest BCUT2D eigenvalue weighted by molar-refractivity contribution is 0.0936. The average molecular weight is 541 g/mol. The zero-order valence-electron chi connectivity index (χ0n) is 22.3. The van der Waals surface area contributed by atoms with Crippen LogP contribution in [0, 0.1) is 30.1 Å². The Hall–Kier alpha value is -4.03. The summed E-state index contributed by atoms with van der Waals surface area (Å²) in [5.41, 5.74) is 4.75. The molecule has 0 spiro atoms. The van der Waals surface area contributed by atoms with E-state index >= 15 is 0 Å². The summed E-state index contributed by atoms with van der Waals surface area (Å²) in [7, 11) is 0. The van der Waals surface area contributed by atoms with Crippen LogP contribution >= 0.6 is 0 Å². The smallest absolute Gasteiger partial charge is 0.270 e. The number of carbonyl (C=O) groups excluding carboxylic acids is 1. The summed E-state index contributed by atoms with van der Waals surface area (Å²) >= 11 is 0. The summed E-state index contributed by atoms with van der Waals surface area (Å²) in [5, 5.41) is 4.13. The van der Waals surface area contributed by atoms with Crippen molar-refractivity contribution in [1.29, 1.82) is 0 Å². The molecule has 0 radical (unpaired) electrons. The van der Waals surface area contributed by atoms with E-state index in [1.54, 1.807) is 12.4 Å². The molecule has 4 aromatic rings. The van der Waals surface area contributed by atoms with Gasteiger partial charge in [0.1, 0.15) is 24.6 Å². The zero-order chi connectivity index (χ0) is 27.4. The predicted octanol–water partition coefficient (Wildman–Crippen LogP) is 4.12. The van der Waals surface area contributed by atoms with E-state index in [9.17, 15) is 13.6 Å². The summed E-state index contributed by atoms with van der Waals surface area (Å²) in [4.78, 5) is 28.3. The number of piperidine rings is 1. The Kier molecular flexibility index (Phi) is 5.97. The maximum atomic E-state index is 14.3.